The van der Waals surface area contributed by atoms with Gasteiger partial charge in [-0.3, -0.25) is 4.79 Å². The molecule has 1 N–H and O–H groups in total. The zero-order valence-corrected chi connectivity index (χ0v) is 11.7. The van der Waals surface area contributed by atoms with Gasteiger partial charge in [-0.2, -0.15) is 0 Å². The van der Waals surface area contributed by atoms with Crippen LogP contribution in [0.15, 0.2) is 48.5 Å². The van der Waals surface area contributed by atoms with Gasteiger partial charge in [-0.1, -0.05) is 24.3 Å². The Labute approximate surface area is 122 Å². The van der Waals surface area contributed by atoms with Crippen molar-refractivity contribution in [3.05, 3.63) is 65.5 Å². The van der Waals surface area contributed by atoms with Crippen molar-refractivity contribution in [1.29, 1.82) is 0 Å². The van der Waals surface area contributed by atoms with Crippen LogP contribution in [0.5, 0.6) is 5.75 Å². The maximum Gasteiger partial charge on any atom is 0.252 e. The van der Waals surface area contributed by atoms with Gasteiger partial charge >= 0.3 is 0 Å². The Hall–Kier alpha value is -2.36. The SMILES string of the molecule is COc1ccccc1C1(NC(=O)c2cccc(F)c2)CC1. The molecule has 21 heavy (non-hydrogen) atoms. The van der Waals surface area contributed by atoms with Gasteiger partial charge in [-0.25, -0.2) is 4.39 Å². The number of carbonyl (C=O) groups excluding carboxylic acids is 1. The van der Waals surface area contributed by atoms with Crippen LogP contribution in [0.1, 0.15) is 28.8 Å². The fourth-order valence-electron chi connectivity index (χ4n) is 2.55. The van der Waals surface area contributed by atoms with E-state index in [1.54, 1.807) is 13.2 Å². The molecule has 0 aromatic heterocycles. The summed E-state index contributed by atoms with van der Waals surface area (Å²) in [5.41, 5.74) is 0.907. The Balaban J connectivity index is 1.85. The first-order chi connectivity index (χ1) is 10.1. The third-order valence-electron chi connectivity index (χ3n) is 3.81. The van der Waals surface area contributed by atoms with Crippen LogP contribution in [0, 0.1) is 5.82 Å². The molecule has 0 aliphatic heterocycles. The van der Waals surface area contributed by atoms with Crippen LogP contribution in [0.2, 0.25) is 0 Å². The number of hydrogen-bond donors (Lipinski definition) is 1. The molecule has 0 unspecified atom stereocenters. The minimum atomic E-state index is -0.412. The molecular formula is C17H16FNO2. The van der Waals surface area contributed by atoms with E-state index in [0.717, 1.165) is 24.2 Å². The molecule has 2 aromatic carbocycles. The molecule has 0 heterocycles. The number of rotatable bonds is 4. The average Bonchev–Trinajstić information content (AvgIpc) is 3.28. The predicted molar refractivity (Wildman–Crippen MR) is 77.8 cm³/mol. The topological polar surface area (TPSA) is 38.3 Å². The minimum Gasteiger partial charge on any atom is -0.496 e. The van der Waals surface area contributed by atoms with Gasteiger partial charge in [0, 0.05) is 11.1 Å². The Kier molecular flexibility index (Phi) is 3.37. The number of amides is 1. The van der Waals surface area contributed by atoms with Gasteiger partial charge < -0.3 is 10.1 Å². The molecule has 4 heteroatoms. The van der Waals surface area contributed by atoms with Gasteiger partial charge in [0.05, 0.1) is 12.6 Å². The first-order valence-corrected chi connectivity index (χ1v) is 6.86. The molecule has 108 valence electrons. The third kappa shape index (κ3) is 2.61. The molecular weight excluding hydrogens is 269 g/mol. The second-order valence-corrected chi connectivity index (χ2v) is 5.25. The van der Waals surface area contributed by atoms with Gasteiger partial charge in [-0.05, 0) is 37.1 Å². The third-order valence-corrected chi connectivity index (χ3v) is 3.81. The van der Waals surface area contributed by atoms with E-state index in [4.69, 9.17) is 4.74 Å². The van der Waals surface area contributed by atoms with Crippen LogP contribution in [0.25, 0.3) is 0 Å². The summed E-state index contributed by atoms with van der Waals surface area (Å²) in [6.45, 7) is 0. The zero-order chi connectivity index (χ0) is 14.9. The van der Waals surface area contributed by atoms with Crippen LogP contribution >= 0.6 is 0 Å². The van der Waals surface area contributed by atoms with E-state index in [1.165, 1.54) is 18.2 Å². The molecule has 2 aromatic rings. The molecule has 0 spiro atoms. The quantitative estimate of drug-likeness (QED) is 0.936. The molecule has 1 aliphatic carbocycles. The van der Waals surface area contributed by atoms with Crippen molar-refractivity contribution >= 4 is 5.91 Å². The monoisotopic (exact) mass is 285 g/mol. The summed E-state index contributed by atoms with van der Waals surface area (Å²) in [5.74, 6) is 0.0808. The largest absolute Gasteiger partial charge is 0.496 e. The first kappa shape index (κ1) is 13.6. The van der Waals surface area contributed by atoms with E-state index in [-0.39, 0.29) is 5.91 Å². The van der Waals surface area contributed by atoms with Crippen LogP contribution < -0.4 is 10.1 Å². The molecule has 3 rings (SSSR count). The van der Waals surface area contributed by atoms with E-state index in [2.05, 4.69) is 5.32 Å². The Bertz CT molecular complexity index is 680. The highest BCUT2D eigenvalue weighted by atomic mass is 19.1. The fourth-order valence-corrected chi connectivity index (χ4v) is 2.55. The predicted octanol–water partition coefficient (Wildman–Crippen LogP) is 3.25. The lowest BCUT2D eigenvalue weighted by molar-refractivity contribution is 0.0930. The number of ether oxygens (including phenoxy) is 1. The van der Waals surface area contributed by atoms with Crippen molar-refractivity contribution in [2.45, 2.75) is 18.4 Å². The van der Waals surface area contributed by atoms with E-state index in [0.29, 0.717) is 5.56 Å². The number of hydrogen-bond acceptors (Lipinski definition) is 2. The molecule has 1 fully saturated rings. The smallest absolute Gasteiger partial charge is 0.252 e. The Morgan fingerprint density at radius 1 is 1.19 bits per heavy atom. The number of halogens is 1. The number of para-hydroxylation sites is 1. The lowest BCUT2D eigenvalue weighted by Gasteiger charge is -2.20. The summed E-state index contributed by atoms with van der Waals surface area (Å²) >= 11 is 0. The second kappa shape index (κ2) is 5.20. The van der Waals surface area contributed by atoms with Crippen molar-refractivity contribution in [3.63, 3.8) is 0 Å². The number of benzene rings is 2. The average molecular weight is 285 g/mol. The number of nitrogens with one attached hydrogen (secondary N) is 1. The van der Waals surface area contributed by atoms with E-state index in [1.807, 2.05) is 24.3 Å². The Morgan fingerprint density at radius 3 is 2.62 bits per heavy atom. The molecule has 1 amide bonds. The van der Waals surface area contributed by atoms with Crippen molar-refractivity contribution in [2.24, 2.45) is 0 Å². The molecule has 0 saturated heterocycles. The minimum absolute atomic E-state index is 0.266. The highest BCUT2D eigenvalue weighted by Crippen LogP contribution is 2.48. The number of carbonyl (C=O) groups is 1. The molecule has 3 nitrogen and oxygen atoms in total. The van der Waals surface area contributed by atoms with E-state index < -0.39 is 11.4 Å². The summed E-state index contributed by atoms with van der Waals surface area (Å²) < 4.78 is 18.6. The van der Waals surface area contributed by atoms with Crippen molar-refractivity contribution < 1.29 is 13.9 Å². The second-order valence-electron chi connectivity index (χ2n) is 5.25. The summed E-state index contributed by atoms with van der Waals surface area (Å²) in [4.78, 5) is 12.3. The van der Waals surface area contributed by atoms with Crippen molar-refractivity contribution in [3.8, 4) is 5.75 Å². The van der Waals surface area contributed by atoms with Crippen molar-refractivity contribution in [1.82, 2.24) is 5.32 Å². The van der Waals surface area contributed by atoms with Crippen molar-refractivity contribution in [2.75, 3.05) is 7.11 Å². The lowest BCUT2D eigenvalue weighted by atomic mass is 10.0. The van der Waals surface area contributed by atoms with Gasteiger partial charge in [0.2, 0.25) is 0 Å². The molecule has 0 atom stereocenters. The first-order valence-electron chi connectivity index (χ1n) is 6.86. The van der Waals surface area contributed by atoms with E-state index in [9.17, 15) is 9.18 Å². The highest BCUT2D eigenvalue weighted by molar-refractivity contribution is 5.95. The van der Waals surface area contributed by atoms with Gasteiger partial charge in [0.25, 0.3) is 5.91 Å². The summed E-state index contributed by atoms with van der Waals surface area (Å²) in [7, 11) is 1.61. The molecule has 1 aliphatic rings. The zero-order valence-electron chi connectivity index (χ0n) is 11.7. The standard InChI is InChI=1S/C17H16FNO2/c1-21-15-8-3-2-7-14(15)17(9-10-17)19-16(20)12-5-4-6-13(18)11-12/h2-8,11H,9-10H2,1H3,(H,19,20). The summed E-state index contributed by atoms with van der Waals surface area (Å²) in [6, 6.07) is 13.4. The Morgan fingerprint density at radius 2 is 1.95 bits per heavy atom. The van der Waals surface area contributed by atoms with Crippen LogP contribution in [0.3, 0.4) is 0 Å². The van der Waals surface area contributed by atoms with E-state index >= 15 is 0 Å². The molecule has 0 radical (unpaired) electrons. The van der Waals surface area contributed by atoms with Gasteiger partial charge in [0.15, 0.2) is 0 Å². The van der Waals surface area contributed by atoms with Crippen LogP contribution in [0.4, 0.5) is 4.39 Å². The van der Waals surface area contributed by atoms with Gasteiger partial charge in [0.1, 0.15) is 11.6 Å². The number of methoxy groups -OCH3 is 1. The van der Waals surface area contributed by atoms with Crippen LogP contribution in [-0.2, 0) is 5.54 Å². The van der Waals surface area contributed by atoms with Crippen LogP contribution in [-0.4, -0.2) is 13.0 Å². The van der Waals surface area contributed by atoms with Gasteiger partial charge in [-0.15, -0.1) is 0 Å². The summed E-state index contributed by atoms with van der Waals surface area (Å²) in [5, 5.41) is 3.02. The molecule has 0 bridgehead atoms. The maximum absolute atomic E-state index is 13.2. The maximum atomic E-state index is 13.2. The lowest BCUT2D eigenvalue weighted by Crippen LogP contribution is -2.35. The summed E-state index contributed by atoms with van der Waals surface area (Å²) in [6.07, 6.45) is 1.71. The fraction of sp³-hybridized carbons (Fsp3) is 0.235. The normalized spacial score (nSPS) is 15.3. The molecule has 1 saturated carbocycles. The highest BCUT2D eigenvalue weighted by Gasteiger charge is 2.47.